The standard InChI is InChI=1S/C12H21NO/c14-8-9-5-6-13(7-9)12-4-2-10-1-3-11(10)12/h9-12,14H,1-8H2. The Balaban J connectivity index is 1.61. The molecule has 0 amide bonds. The monoisotopic (exact) mass is 195 g/mol. The van der Waals surface area contributed by atoms with Crippen LogP contribution < -0.4 is 0 Å². The predicted molar refractivity (Wildman–Crippen MR) is 56.0 cm³/mol. The lowest BCUT2D eigenvalue weighted by molar-refractivity contribution is 0.106. The van der Waals surface area contributed by atoms with Crippen LogP contribution in [0.2, 0.25) is 0 Å². The van der Waals surface area contributed by atoms with E-state index in [1.807, 2.05) is 0 Å². The zero-order valence-electron chi connectivity index (χ0n) is 8.86. The van der Waals surface area contributed by atoms with Gasteiger partial charge in [0.15, 0.2) is 0 Å². The van der Waals surface area contributed by atoms with Crippen molar-refractivity contribution in [2.45, 2.75) is 38.1 Å². The van der Waals surface area contributed by atoms with Gasteiger partial charge < -0.3 is 5.11 Å². The van der Waals surface area contributed by atoms with Gasteiger partial charge in [-0.05, 0) is 56.4 Å². The van der Waals surface area contributed by atoms with Gasteiger partial charge in [-0.1, -0.05) is 0 Å². The molecule has 80 valence electrons. The molecule has 1 aliphatic heterocycles. The van der Waals surface area contributed by atoms with Crippen molar-refractivity contribution >= 4 is 0 Å². The summed E-state index contributed by atoms with van der Waals surface area (Å²) < 4.78 is 0. The van der Waals surface area contributed by atoms with E-state index in [4.69, 9.17) is 5.11 Å². The third-order valence-corrected chi connectivity index (χ3v) is 4.85. The smallest absolute Gasteiger partial charge is 0.0471 e. The lowest BCUT2D eigenvalue weighted by atomic mass is 9.74. The molecule has 14 heavy (non-hydrogen) atoms. The normalized spacial score (nSPS) is 47.8. The Morgan fingerprint density at radius 2 is 1.93 bits per heavy atom. The van der Waals surface area contributed by atoms with E-state index in [0.717, 1.165) is 17.9 Å². The van der Waals surface area contributed by atoms with Crippen LogP contribution in [0.1, 0.15) is 32.1 Å². The van der Waals surface area contributed by atoms with Gasteiger partial charge in [-0.2, -0.15) is 0 Å². The van der Waals surface area contributed by atoms with Crippen molar-refractivity contribution in [3.63, 3.8) is 0 Å². The van der Waals surface area contributed by atoms with E-state index in [1.54, 1.807) is 0 Å². The molecule has 4 atom stereocenters. The third-order valence-electron chi connectivity index (χ3n) is 4.85. The van der Waals surface area contributed by atoms with E-state index in [-0.39, 0.29) is 0 Å². The molecule has 2 aliphatic carbocycles. The maximum Gasteiger partial charge on any atom is 0.0471 e. The summed E-state index contributed by atoms with van der Waals surface area (Å²) in [6.45, 7) is 2.82. The fourth-order valence-corrected chi connectivity index (χ4v) is 3.82. The molecule has 2 heteroatoms. The number of hydrogen-bond donors (Lipinski definition) is 1. The Labute approximate surface area is 86.3 Å². The summed E-state index contributed by atoms with van der Waals surface area (Å²) in [4.78, 5) is 2.67. The molecule has 3 rings (SSSR count). The van der Waals surface area contributed by atoms with Gasteiger partial charge in [0.05, 0.1) is 0 Å². The minimum atomic E-state index is 0.400. The van der Waals surface area contributed by atoms with Crippen molar-refractivity contribution in [1.29, 1.82) is 0 Å². The molecule has 3 fully saturated rings. The van der Waals surface area contributed by atoms with Gasteiger partial charge in [0.2, 0.25) is 0 Å². The Bertz CT molecular complexity index is 218. The van der Waals surface area contributed by atoms with Gasteiger partial charge >= 0.3 is 0 Å². The summed E-state index contributed by atoms with van der Waals surface area (Å²) in [7, 11) is 0. The lowest BCUT2D eigenvalue weighted by Crippen LogP contribution is -2.40. The Morgan fingerprint density at radius 3 is 2.50 bits per heavy atom. The minimum Gasteiger partial charge on any atom is -0.396 e. The highest BCUT2D eigenvalue weighted by molar-refractivity contribution is 4.98. The van der Waals surface area contributed by atoms with Gasteiger partial charge in [-0.15, -0.1) is 0 Å². The minimum absolute atomic E-state index is 0.400. The van der Waals surface area contributed by atoms with E-state index in [1.165, 1.54) is 45.2 Å². The number of fused-ring (bicyclic) bond motifs is 1. The molecular formula is C12H21NO. The van der Waals surface area contributed by atoms with Crippen LogP contribution in [-0.4, -0.2) is 35.7 Å². The second-order valence-electron chi connectivity index (χ2n) is 5.48. The Hall–Kier alpha value is -0.0800. The van der Waals surface area contributed by atoms with Crippen LogP contribution in [0.5, 0.6) is 0 Å². The molecule has 0 radical (unpaired) electrons. The molecule has 2 saturated carbocycles. The van der Waals surface area contributed by atoms with Crippen molar-refractivity contribution < 1.29 is 5.11 Å². The van der Waals surface area contributed by atoms with Crippen molar-refractivity contribution in [2.24, 2.45) is 17.8 Å². The number of likely N-dealkylation sites (tertiary alicyclic amines) is 1. The first-order valence-electron chi connectivity index (χ1n) is 6.23. The van der Waals surface area contributed by atoms with Gasteiger partial charge in [0.25, 0.3) is 0 Å². The highest BCUT2D eigenvalue weighted by Crippen LogP contribution is 2.49. The summed E-state index contributed by atoms with van der Waals surface area (Å²) >= 11 is 0. The zero-order valence-corrected chi connectivity index (χ0v) is 8.86. The van der Waals surface area contributed by atoms with Crippen molar-refractivity contribution in [3.05, 3.63) is 0 Å². The first-order chi connectivity index (χ1) is 6.88. The predicted octanol–water partition coefficient (Wildman–Crippen LogP) is 1.49. The number of rotatable bonds is 2. The molecule has 0 aromatic carbocycles. The van der Waals surface area contributed by atoms with E-state index in [0.29, 0.717) is 12.5 Å². The molecule has 4 unspecified atom stereocenters. The molecule has 0 bridgehead atoms. The highest BCUT2D eigenvalue weighted by Gasteiger charge is 2.45. The van der Waals surface area contributed by atoms with E-state index in [2.05, 4.69) is 4.90 Å². The first-order valence-corrected chi connectivity index (χ1v) is 6.23. The second kappa shape index (κ2) is 3.49. The Kier molecular flexibility index (Phi) is 2.29. The quantitative estimate of drug-likeness (QED) is 0.721. The average Bonchev–Trinajstić information content (AvgIpc) is 2.71. The molecule has 1 N–H and O–H groups in total. The number of nitrogens with zero attached hydrogens (tertiary/aromatic N) is 1. The number of hydrogen-bond acceptors (Lipinski definition) is 2. The van der Waals surface area contributed by atoms with Gasteiger partial charge in [-0.3, -0.25) is 4.90 Å². The van der Waals surface area contributed by atoms with Gasteiger partial charge in [0.1, 0.15) is 0 Å². The van der Waals surface area contributed by atoms with Crippen molar-refractivity contribution in [1.82, 2.24) is 4.90 Å². The van der Waals surface area contributed by atoms with Crippen molar-refractivity contribution in [2.75, 3.05) is 19.7 Å². The van der Waals surface area contributed by atoms with Gasteiger partial charge in [-0.25, -0.2) is 0 Å². The zero-order chi connectivity index (χ0) is 9.54. The second-order valence-corrected chi connectivity index (χ2v) is 5.48. The average molecular weight is 195 g/mol. The summed E-state index contributed by atoms with van der Waals surface area (Å²) in [5.41, 5.74) is 0. The number of aliphatic hydroxyl groups is 1. The van der Waals surface area contributed by atoms with Crippen LogP contribution in [0.15, 0.2) is 0 Å². The summed E-state index contributed by atoms with van der Waals surface area (Å²) in [5.74, 6) is 2.69. The van der Waals surface area contributed by atoms with E-state index in [9.17, 15) is 0 Å². The fourth-order valence-electron chi connectivity index (χ4n) is 3.82. The van der Waals surface area contributed by atoms with E-state index < -0.39 is 0 Å². The molecule has 0 aromatic heterocycles. The maximum atomic E-state index is 9.13. The molecular weight excluding hydrogens is 174 g/mol. The van der Waals surface area contributed by atoms with E-state index >= 15 is 0 Å². The Morgan fingerprint density at radius 1 is 1.07 bits per heavy atom. The fraction of sp³-hybridized carbons (Fsp3) is 1.00. The van der Waals surface area contributed by atoms with Crippen LogP contribution in [0.4, 0.5) is 0 Å². The topological polar surface area (TPSA) is 23.5 Å². The van der Waals surface area contributed by atoms with Crippen LogP contribution in [0.3, 0.4) is 0 Å². The summed E-state index contributed by atoms with van der Waals surface area (Å²) in [6, 6.07) is 0.894. The maximum absolute atomic E-state index is 9.13. The molecule has 0 spiro atoms. The van der Waals surface area contributed by atoms with Crippen LogP contribution in [0, 0.1) is 17.8 Å². The molecule has 2 nitrogen and oxygen atoms in total. The molecule has 1 heterocycles. The molecule has 1 saturated heterocycles. The lowest BCUT2D eigenvalue weighted by Gasteiger charge is -2.38. The largest absolute Gasteiger partial charge is 0.396 e. The van der Waals surface area contributed by atoms with Gasteiger partial charge in [0, 0.05) is 19.2 Å². The van der Waals surface area contributed by atoms with Crippen LogP contribution in [-0.2, 0) is 0 Å². The van der Waals surface area contributed by atoms with Crippen LogP contribution in [0.25, 0.3) is 0 Å². The molecule has 3 aliphatic rings. The molecule has 0 aromatic rings. The van der Waals surface area contributed by atoms with Crippen LogP contribution >= 0.6 is 0 Å². The SMILES string of the molecule is OCC1CCN(C2CCC3CCC32)C1. The number of aliphatic hydroxyl groups excluding tert-OH is 1. The van der Waals surface area contributed by atoms with Crippen molar-refractivity contribution in [3.8, 4) is 0 Å². The third kappa shape index (κ3) is 1.31. The highest BCUT2D eigenvalue weighted by atomic mass is 16.3. The summed E-state index contributed by atoms with van der Waals surface area (Å²) in [5, 5.41) is 9.13. The summed E-state index contributed by atoms with van der Waals surface area (Å²) in [6.07, 6.45) is 7.13. The first kappa shape index (κ1) is 9.17.